The van der Waals surface area contributed by atoms with Gasteiger partial charge in [0.15, 0.2) is 0 Å². The van der Waals surface area contributed by atoms with Gasteiger partial charge in [0.05, 0.1) is 12.7 Å². The van der Waals surface area contributed by atoms with Gasteiger partial charge < -0.3 is 13.9 Å². The van der Waals surface area contributed by atoms with Crippen LogP contribution in [0.5, 0.6) is 0 Å². The number of hydrogen-bond acceptors (Lipinski definition) is 5. The van der Waals surface area contributed by atoms with Crippen LogP contribution in [0, 0.1) is 10.5 Å². The lowest BCUT2D eigenvalue weighted by molar-refractivity contribution is 0.0443. The molecule has 0 aliphatic heterocycles. The molecule has 0 bridgehead atoms. The molecule has 0 fully saturated rings. The third kappa shape index (κ3) is 3.84. The van der Waals surface area contributed by atoms with Gasteiger partial charge in [-0.2, -0.15) is 0 Å². The fourth-order valence-corrected chi connectivity index (χ4v) is 2.31. The highest BCUT2D eigenvalue weighted by Crippen LogP contribution is 2.17. The second kappa shape index (κ2) is 6.75. The summed E-state index contributed by atoms with van der Waals surface area (Å²) in [4.78, 5) is 23.3. The van der Waals surface area contributed by atoms with Crippen LogP contribution in [-0.2, 0) is 16.1 Å². The zero-order valence-corrected chi connectivity index (χ0v) is 13.7. The maximum absolute atomic E-state index is 11.9. The van der Waals surface area contributed by atoms with Crippen LogP contribution < -0.4 is 0 Å². The van der Waals surface area contributed by atoms with Crippen LogP contribution in [0.25, 0.3) is 0 Å². The molecule has 1 aromatic carbocycles. The number of esters is 2. The Morgan fingerprint density at radius 2 is 2.00 bits per heavy atom. The summed E-state index contributed by atoms with van der Waals surface area (Å²) >= 11 is 2.12. The van der Waals surface area contributed by atoms with Crippen LogP contribution >= 0.6 is 22.6 Å². The second-order valence-corrected chi connectivity index (χ2v) is 5.51. The lowest BCUT2D eigenvalue weighted by Crippen LogP contribution is -2.05. The third-order valence-electron chi connectivity index (χ3n) is 2.78. The number of carbonyl (C=O) groups excluding carboxylic acids is 2. The summed E-state index contributed by atoms with van der Waals surface area (Å²) in [5.41, 5.74) is 0.802. The van der Waals surface area contributed by atoms with E-state index in [4.69, 9.17) is 9.15 Å². The van der Waals surface area contributed by atoms with Gasteiger partial charge in [-0.05, 0) is 53.8 Å². The first-order chi connectivity index (χ1) is 10.0. The second-order valence-electron chi connectivity index (χ2n) is 4.26. The highest BCUT2D eigenvalue weighted by atomic mass is 127. The molecule has 21 heavy (non-hydrogen) atoms. The first-order valence-corrected chi connectivity index (χ1v) is 7.19. The predicted octanol–water partition coefficient (Wildman–Crippen LogP) is 3.34. The van der Waals surface area contributed by atoms with Gasteiger partial charge in [-0.25, -0.2) is 9.59 Å². The molecule has 1 aromatic heterocycles. The highest BCUT2D eigenvalue weighted by Gasteiger charge is 2.16. The predicted molar refractivity (Wildman–Crippen MR) is 83.1 cm³/mol. The monoisotopic (exact) mass is 400 g/mol. The minimum Gasteiger partial charge on any atom is -0.465 e. The van der Waals surface area contributed by atoms with E-state index in [1.165, 1.54) is 13.2 Å². The average Bonchev–Trinajstić information content (AvgIpc) is 2.85. The first kappa shape index (κ1) is 15.6. The molecule has 0 unspecified atom stereocenters. The fraction of sp³-hybridized carbons (Fsp3) is 0.200. The number of aryl methyl sites for hydroxylation is 1. The summed E-state index contributed by atoms with van der Waals surface area (Å²) in [6.07, 6.45) is 0. The lowest BCUT2D eigenvalue weighted by Gasteiger charge is -2.03. The SMILES string of the molecule is COC(=O)c1cc(COC(=O)c2cccc(I)c2)oc1C. The number of benzene rings is 1. The molecule has 1 heterocycles. The Morgan fingerprint density at radius 3 is 2.67 bits per heavy atom. The van der Waals surface area contributed by atoms with Gasteiger partial charge in [0, 0.05) is 3.57 Å². The molecule has 6 heteroatoms. The van der Waals surface area contributed by atoms with Crippen molar-refractivity contribution in [3.8, 4) is 0 Å². The summed E-state index contributed by atoms with van der Waals surface area (Å²) in [5, 5.41) is 0. The maximum atomic E-state index is 11.9. The van der Waals surface area contributed by atoms with E-state index < -0.39 is 11.9 Å². The van der Waals surface area contributed by atoms with Crippen LogP contribution in [-0.4, -0.2) is 19.0 Å². The van der Waals surface area contributed by atoms with Gasteiger partial charge in [0.2, 0.25) is 0 Å². The zero-order chi connectivity index (χ0) is 15.4. The van der Waals surface area contributed by atoms with Crippen molar-refractivity contribution in [3.63, 3.8) is 0 Å². The number of halogens is 1. The number of hydrogen-bond donors (Lipinski definition) is 0. The van der Waals surface area contributed by atoms with Crippen LogP contribution in [0.1, 0.15) is 32.2 Å². The van der Waals surface area contributed by atoms with Crippen molar-refractivity contribution >= 4 is 34.5 Å². The normalized spacial score (nSPS) is 10.2. The molecule has 0 spiro atoms. The van der Waals surface area contributed by atoms with Gasteiger partial charge in [-0.1, -0.05) is 6.07 Å². The molecule has 0 saturated heterocycles. The standard InChI is InChI=1S/C15H13IO5/c1-9-13(15(18)19-2)7-12(21-9)8-20-14(17)10-4-3-5-11(16)6-10/h3-7H,8H2,1-2H3. The molecular weight excluding hydrogens is 387 g/mol. The Morgan fingerprint density at radius 1 is 1.24 bits per heavy atom. The first-order valence-electron chi connectivity index (χ1n) is 6.11. The minimum absolute atomic E-state index is 0.0395. The van der Waals surface area contributed by atoms with Crippen LogP contribution in [0.2, 0.25) is 0 Å². The molecule has 2 aromatic rings. The smallest absolute Gasteiger partial charge is 0.341 e. The van der Waals surface area contributed by atoms with E-state index in [0.29, 0.717) is 22.6 Å². The van der Waals surface area contributed by atoms with E-state index in [0.717, 1.165) is 3.57 Å². The van der Waals surface area contributed by atoms with Crippen molar-refractivity contribution in [1.82, 2.24) is 0 Å². The minimum atomic E-state index is -0.480. The highest BCUT2D eigenvalue weighted by molar-refractivity contribution is 14.1. The molecule has 5 nitrogen and oxygen atoms in total. The van der Waals surface area contributed by atoms with E-state index in [9.17, 15) is 9.59 Å². The Labute approximate surface area is 135 Å². The van der Waals surface area contributed by atoms with Crippen LogP contribution in [0.4, 0.5) is 0 Å². The number of methoxy groups -OCH3 is 1. The summed E-state index contributed by atoms with van der Waals surface area (Å²) < 4.78 is 16.1. The molecule has 0 amide bonds. The quantitative estimate of drug-likeness (QED) is 0.582. The molecule has 2 rings (SSSR count). The summed E-state index contributed by atoms with van der Waals surface area (Å²) in [6, 6.07) is 8.59. The van der Waals surface area contributed by atoms with E-state index in [1.807, 2.05) is 6.07 Å². The largest absolute Gasteiger partial charge is 0.465 e. The lowest BCUT2D eigenvalue weighted by atomic mass is 10.2. The van der Waals surface area contributed by atoms with Crippen molar-refractivity contribution in [1.29, 1.82) is 0 Å². The average molecular weight is 400 g/mol. The maximum Gasteiger partial charge on any atom is 0.341 e. The van der Waals surface area contributed by atoms with Crippen molar-refractivity contribution in [2.45, 2.75) is 13.5 Å². The molecule has 0 saturated carbocycles. The number of furan rings is 1. The molecule has 0 radical (unpaired) electrons. The Bertz CT molecular complexity index is 674. The van der Waals surface area contributed by atoms with Gasteiger partial charge in [0.1, 0.15) is 23.7 Å². The molecule has 110 valence electrons. The topological polar surface area (TPSA) is 65.7 Å². The molecule has 0 N–H and O–H groups in total. The molecule has 0 aliphatic rings. The van der Waals surface area contributed by atoms with Crippen molar-refractivity contribution < 1.29 is 23.5 Å². The van der Waals surface area contributed by atoms with Gasteiger partial charge >= 0.3 is 11.9 Å². The molecule has 0 atom stereocenters. The Hall–Kier alpha value is -1.83. The Balaban J connectivity index is 2.03. The zero-order valence-electron chi connectivity index (χ0n) is 11.5. The Kier molecular flexibility index (Phi) is 5.00. The number of carbonyl (C=O) groups is 2. The van der Waals surface area contributed by atoms with Crippen molar-refractivity contribution in [2.75, 3.05) is 7.11 Å². The van der Waals surface area contributed by atoms with Gasteiger partial charge in [0.25, 0.3) is 0 Å². The van der Waals surface area contributed by atoms with Crippen molar-refractivity contribution in [3.05, 3.63) is 56.5 Å². The molecular formula is C15H13IO5. The number of rotatable bonds is 4. The van der Waals surface area contributed by atoms with Gasteiger partial charge in [-0.15, -0.1) is 0 Å². The van der Waals surface area contributed by atoms with E-state index in [2.05, 4.69) is 27.3 Å². The summed E-state index contributed by atoms with van der Waals surface area (Å²) in [6.45, 7) is 1.61. The molecule has 0 aliphatic carbocycles. The summed E-state index contributed by atoms with van der Waals surface area (Å²) in [5.74, 6) is -0.0948. The van der Waals surface area contributed by atoms with Crippen LogP contribution in [0.3, 0.4) is 0 Å². The van der Waals surface area contributed by atoms with E-state index in [-0.39, 0.29) is 6.61 Å². The van der Waals surface area contributed by atoms with E-state index >= 15 is 0 Å². The third-order valence-corrected chi connectivity index (χ3v) is 3.45. The van der Waals surface area contributed by atoms with Gasteiger partial charge in [-0.3, -0.25) is 0 Å². The van der Waals surface area contributed by atoms with Crippen molar-refractivity contribution in [2.24, 2.45) is 0 Å². The fourth-order valence-electron chi connectivity index (χ4n) is 1.76. The van der Waals surface area contributed by atoms with Crippen LogP contribution in [0.15, 0.2) is 34.7 Å². The number of ether oxygens (including phenoxy) is 2. The summed E-state index contributed by atoms with van der Waals surface area (Å²) in [7, 11) is 1.30. The van der Waals surface area contributed by atoms with E-state index in [1.54, 1.807) is 25.1 Å².